The molecule has 0 unspecified atom stereocenters. The van der Waals surface area contributed by atoms with Gasteiger partial charge < -0.3 is 10.5 Å². The number of esters is 1. The molecule has 84 valence electrons. The molecule has 0 amide bonds. The fourth-order valence-corrected chi connectivity index (χ4v) is 1.06. The van der Waals surface area contributed by atoms with Gasteiger partial charge in [-0.1, -0.05) is 0 Å². The number of carbonyl (C=O) groups excluding carboxylic acids is 1. The number of anilines is 1. The van der Waals surface area contributed by atoms with Crippen LogP contribution in [0, 0.1) is 11.3 Å². The predicted octanol–water partition coefficient (Wildman–Crippen LogP) is 1.26. The number of nitrogens with zero attached hydrogens (tertiary/aromatic N) is 2. The van der Waals surface area contributed by atoms with Gasteiger partial charge in [0.1, 0.15) is 11.9 Å². The summed E-state index contributed by atoms with van der Waals surface area (Å²) in [6, 6.07) is 2.43. The summed E-state index contributed by atoms with van der Waals surface area (Å²) in [5, 5.41) is 8.58. The molecule has 0 saturated heterocycles. The second-order valence-electron chi connectivity index (χ2n) is 2.76. The predicted molar refractivity (Wildman–Crippen MR) is 49.7 cm³/mol. The number of methoxy groups -OCH3 is 1. The van der Waals surface area contributed by atoms with Gasteiger partial charge in [-0.3, -0.25) is 0 Å². The zero-order valence-corrected chi connectivity index (χ0v) is 8.20. The van der Waals surface area contributed by atoms with Crippen LogP contribution in [0.4, 0.5) is 14.6 Å². The molecule has 0 radical (unpaired) electrons. The first-order valence-electron chi connectivity index (χ1n) is 4.08. The number of carbonyl (C=O) groups is 1. The molecule has 1 aromatic heterocycles. The first kappa shape index (κ1) is 11.8. The minimum Gasteiger partial charge on any atom is -0.464 e. The molecule has 0 aromatic carbocycles. The number of aromatic nitrogens is 1. The first-order valence-corrected chi connectivity index (χ1v) is 4.08. The number of ether oxygens (including phenoxy) is 1. The summed E-state index contributed by atoms with van der Waals surface area (Å²) >= 11 is 0. The van der Waals surface area contributed by atoms with E-state index >= 15 is 0 Å². The molecule has 0 saturated carbocycles. The van der Waals surface area contributed by atoms with E-state index in [1.165, 1.54) is 0 Å². The number of hydrogen-bond acceptors (Lipinski definition) is 5. The Kier molecular flexibility index (Phi) is 3.35. The quantitative estimate of drug-likeness (QED) is 0.768. The van der Waals surface area contributed by atoms with Gasteiger partial charge in [-0.05, 0) is 6.07 Å². The molecule has 0 aliphatic rings. The molecule has 0 aliphatic heterocycles. The highest BCUT2D eigenvalue weighted by Gasteiger charge is 2.22. The Hall–Kier alpha value is -2.23. The average Bonchev–Trinajstić information content (AvgIpc) is 2.27. The van der Waals surface area contributed by atoms with Gasteiger partial charge in [0.15, 0.2) is 5.69 Å². The van der Waals surface area contributed by atoms with Crippen LogP contribution in [-0.4, -0.2) is 18.1 Å². The SMILES string of the molecule is COC(=O)c1nc(N)c(C#N)cc1C(F)F. The molecule has 1 heterocycles. The van der Waals surface area contributed by atoms with E-state index in [2.05, 4.69) is 9.72 Å². The normalized spacial score (nSPS) is 9.94. The van der Waals surface area contributed by atoms with Crippen molar-refractivity contribution in [3.63, 3.8) is 0 Å². The van der Waals surface area contributed by atoms with Crippen molar-refractivity contribution in [3.05, 3.63) is 22.9 Å². The molecule has 0 spiro atoms. The van der Waals surface area contributed by atoms with Gasteiger partial charge in [0.25, 0.3) is 6.43 Å². The van der Waals surface area contributed by atoms with Crippen molar-refractivity contribution in [2.45, 2.75) is 6.43 Å². The summed E-state index contributed by atoms with van der Waals surface area (Å²) in [7, 11) is 1.04. The number of nitrogens with two attached hydrogens (primary N) is 1. The molecule has 7 heteroatoms. The highest BCUT2D eigenvalue weighted by Crippen LogP contribution is 2.25. The Morgan fingerprint density at radius 1 is 1.69 bits per heavy atom. The summed E-state index contributed by atoms with van der Waals surface area (Å²) < 4.78 is 29.4. The number of nitrogen functional groups attached to an aromatic ring is 1. The zero-order chi connectivity index (χ0) is 12.3. The summed E-state index contributed by atoms with van der Waals surface area (Å²) in [6.45, 7) is 0. The zero-order valence-electron chi connectivity index (χ0n) is 8.20. The standard InChI is InChI=1S/C9H7F2N3O2/c1-16-9(15)6-5(7(10)11)2-4(3-12)8(13)14-6/h2,7H,1H3,(H2,13,14). The van der Waals surface area contributed by atoms with Gasteiger partial charge in [-0.2, -0.15) is 5.26 Å². The van der Waals surface area contributed by atoms with Crippen LogP contribution in [0.2, 0.25) is 0 Å². The van der Waals surface area contributed by atoms with Gasteiger partial charge in [-0.15, -0.1) is 0 Å². The largest absolute Gasteiger partial charge is 0.464 e. The van der Waals surface area contributed by atoms with E-state index in [0.29, 0.717) is 0 Å². The van der Waals surface area contributed by atoms with E-state index in [1.807, 2.05) is 0 Å². The van der Waals surface area contributed by atoms with Gasteiger partial charge >= 0.3 is 5.97 Å². The van der Waals surface area contributed by atoms with Gasteiger partial charge in [-0.25, -0.2) is 18.6 Å². The number of pyridine rings is 1. The van der Waals surface area contributed by atoms with Crippen LogP contribution in [0.1, 0.15) is 28.0 Å². The van der Waals surface area contributed by atoms with Crippen LogP contribution in [0.3, 0.4) is 0 Å². The van der Waals surface area contributed by atoms with Crippen molar-refractivity contribution >= 4 is 11.8 Å². The number of halogens is 2. The Labute approximate surface area is 89.4 Å². The summed E-state index contributed by atoms with van der Waals surface area (Å²) in [4.78, 5) is 14.6. The monoisotopic (exact) mass is 227 g/mol. The lowest BCUT2D eigenvalue weighted by molar-refractivity contribution is 0.0582. The smallest absolute Gasteiger partial charge is 0.357 e. The minimum absolute atomic E-state index is 0.206. The lowest BCUT2D eigenvalue weighted by atomic mass is 10.1. The van der Waals surface area contributed by atoms with Crippen molar-refractivity contribution < 1.29 is 18.3 Å². The van der Waals surface area contributed by atoms with Crippen molar-refractivity contribution in [1.29, 1.82) is 5.26 Å². The molecule has 16 heavy (non-hydrogen) atoms. The molecule has 0 atom stereocenters. The Balaban J connectivity index is 3.43. The second kappa shape index (κ2) is 4.53. The molecule has 1 aromatic rings. The number of rotatable bonds is 2. The van der Waals surface area contributed by atoms with Crippen molar-refractivity contribution in [2.75, 3.05) is 12.8 Å². The third-order valence-electron chi connectivity index (χ3n) is 1.82. The number of alkyl halides is 2. The topological polar surface area (TPSA) is 89.0 Å². The van der Waals surface area contributed by atoms with Crippen LogP contribution in [0.5, 0.6) is 0 Å². The van der Waals surface area contributed by atoms with Crippen molar-refractivity contribution in [3.8, 4) is 6.07 Å². The molecule has 0 fully saturated rings. The van der Waals surface area contributed by atoms with Crippen molar-refractivity contribution in [1.82, 2.24) is 4.98 Å². The maximum atomic E-state index is 12.6. The van der Waals surface area contributed by atoms with Crippen LogP contribution in [0.25, 0.3) is 0 Å². The maximum absolute atomic E-state index is 12.6. The molecule has 1 rings (SSSR count). The Morgan fingerprint density at radius 2 is 2.31 bits per heavy atom. The van der Waals surface area contributed by atoms with E-state index in [9.17, 15) is 13.6 Å². The first-order chi connectivity index (χ1) is 7.51. The fourth-order valence-electron chi connectivity index (χ4n) is 1.06. The molecule has 5 nitrogen and oxygen atoms in total. The maximum Gasteiger partial charge on any atom is 0.357 e. The van der Waals surface area contributed by atoms with Crippen LogP contribution < -0.4 is 5.73 Å². The minimum atomic E-state index is -2.94. The molecular formula is C9H7F2N3O2. The summed E-state index contributed by atoms with van der Waals surface area (Å²) in [6.07, 6.45) is -2.94. The van der Waals surface area contributed by atoms with Crippen LogP contribution in [0.15, 0.2) is 6.07 Å². The van der Waals surface area contributed by atoms with E-state index in [-0.39, 0.29) is 11.4 Å². The van der Waals surface area contributed by atoms with Gasteiger partial charge in [0, 0.05) is 0 Å². The van der Waals surface area contributed by atoms with E-state index in [1.54, 1.807) is 6.07 Å². The van der Waals surface area contributed by atoms with Crippen LogP contribution >= 0.6 is 0 Å². The lowest BCUT2D eigenvalue weighted by Crippen LogP contribution is -2.12. The van der Waals surface area contributed by atoms with Crippen LogP contribution in [-0.2, 0) is 4.74 Å². The lowest BCUT2D eigenvalue weighted by Gasteiger charge is -2.07. The summed E-state index contributed by atoms with van der Waals surface area (Å²) in [5.74, 6) is -1.31. The molecular weight excluding hydrogens is 220 g/mol. The van der Waals surface area contributed by atoms with E-state index in [0.717, 1.165) is 13.2 Å². The van der Waals surface area contributed by atoms with Gasteiger partial charge in [0.05, 0.1) is 18.2 Å². The molecule has 2 N–H and O–H groups in total. The fraction of sp³-hybridized carbons (Fsp3) is 0.222. The third kappa shape index (κ3) is 2.06. The van der Waals surface area contributed by atoms with Crippen molar-refractivity contribution in [2.24, 2.45) is 0 Å². The molecule has 0 aliphatic carbocycles. The van der Waals surface area contributed by atoms with E-state index in [4.69, 9.17) is 11.0 Å². The highest BCUT2D eigenvalue weighted by atomic mass is 19.3. The Bertz CT molecular complexity index is 469. The van der Waals surface area contributed by atoms with Gasteiger partial charge in [0.2, 0.25) is 0 Å². The number of hydrogen-bond donors (Lipinski definition) is 1. The number of nitriles is 1. The Morgan fingerprint density at radius 3 is 2.75 bits per heavy atom. The average molecular weight is 227 g/mol. The second-order valence-corrected chi connectivity index (χ2v) is 2.76. The summed E-state index contributed by atoms with van der Waals surface area (Å²) in [5.41, 5.74) is 3.86. The van der Waals surface area contributed by atoms with E-state index < -0.39 is 23.7 Å². The highest BCUT2D eigenvalue weighted by molar-refractivity contribution is 5.89. The molecule has 0 bridgehead atoms. The third-order valence-corrected chi connectivity index (χ3v) is 1.82.